The Hall–Kier alpha value is -0.0800. The molecule has 0 amide bonds. The van der Waals surface area contributed by atoms with Crippen LogP contribution < -0.4 is 0 Å². The zero-order valence-electron chi connectivity index (χ0n) is 23.2. The van der Waals surface area contributed by atoms with Crippen molar-refractivity contribution in [1.29, 1.82) is 0 Å². The normalized spacial score (nSPS) is 15.4. The molecule has 1 N–H and O–H groups in total. The number of carbonyl (C=O) groups excluding carboxylic acids is 2. The number of phosphoric ester groups is 1. The third-order valence-corrected chi connectivity index (χ3v) is 8.42. The Balaban J connectivity index is 4.59. The fraction of sp³-hybridized carbons (Fsp3) is 0.913. The molecule has 37 heavy (non-hydrogen) atoms. The number of phosphoric acid groups is 1. The number of carbonyl (C=O) groups is 2. The smallest absolute Gasteiger partial charge is 0.387 e. The Morgan fingerprint density at radius 2 is 1.22 bits per heavy atom. The molecular weight excluding hydrogens is 550 g/mol. The van der Waals surface area contributed by atoms with Crippen molar-refractivity contribution in [2.75, 3.05) is 64.9 Å². The van der Waals surface area contributed by atoms with Crippen molar-refractivity contribution >= 4 is 41.6 Å². The molecule has 0 aliphatic carbocycles. The van der Waals surface area contributed by atoms with Gasteiger partial charge in [-0.2, -0.15) is 0 Å². The number of thioether (sulfide) groups is 2. The van der Waals surface area contributed by atoms with Crippen LogP contribution in [0.4, 0.5) is 4.39 Å². The molecule has 220 valence electrons. The van der Waals surface area contributed by atoms with Crippen LogP contribution in [0.15, 0.2) is 0 Å². The number of halogens is 1. The van der Waals surface area contributed by atoms with Crippen molar-refractivity contribution in [3.05, 3.63) is 0 Å². The third kappa shape index (κ3) is 16.6. The Kier molecular flexibility index (Phi) is 17.5. The van der Waals surface area contributed by atoms with Crippen LogP contribution in [0.1, 0.15) is 48.5 Å². The van der Waals surface area contributed by atoms with Crippen LogP contribution in [0.5, 0.6) is 0 Å². The summed E-state index contributed by atoms with van der Waals surface area (Å²) in [4.78, 5) is 23.8. The zero-order valence-corrected chi connectivity index (χ0v) is 25.7. The lowest BCUT2D eigenvalue weighted by Gasteiger charge is -2.28. The van der Waals surface area contributed by atoms with Gasteiger partial charge in [0.1, 0.15) is 12.7 Å². The summed E-state index contributed by atoms with van der Waals surface area (Å²) in [6.07, 6.45) is -1.57. The number of aliphatic hydroxyl groups is 1. The lowest BCUT2D eigenvalue weighted by molar-refractivity contribution is -0.204. The molecule has 0 aliphatic heterocycles. The first-order valence-electron chi connectivity index (χ1n) is 11.9. The van der Waals surface area contributed by atoms with E-state index in [1.54, 1.807) is 0 Å². The average molecular weight is 595 g/mol. The second kappa shape index (κ2) is 17.6. The summed E-state index contributed by atoms with van der Waals surface area (Å²) in [7, 11) is -3.23. The summed E-state index contributed by atoms with van der Waals surface area (Å²) in [5.41, 5.74) is -0.886. The van der Waals surface area contributed by atoms with E-state index in [9.17, 15) is 23.7 Å². The van der Waals surface area contributed by atoms with Gasteiger partial charge in [0, 0.05) is 29.4 Å². The molecule has 0 fully saturated rings. The molecule has 0 aromatic heterocycles. The summed E-state index contributed by atoms with van der Waals surface area (Å²) in [6, 6.07) is 0. The molecule has 14 heteroatoms. The van der Waals surface area contributed by atoms with Gasteiger partial charge in [0.05, 0.1) is 39.6 Å². The van der Waals surface area contributed by atoms with Gasteiger partial charge in [-0.15, -0.1) is 0 Å². The topological polar surface area (TPSA) is 127 Å². The molecular formula is C23H44FO10PS2. The summed E-state index contributed by atoms with van der Waals surface area (Å²) in [5, 5.41) is 9.69. The van der Waals surface area contributed by atoms with Gasteiger partial charge in [-0.3, -0.25) is 23.2 Å². The second-order valence-electron chi connectivity index (χ2n) is 10.0. The Morgan fingerprint density at radius 3 is 1.54 bits per heavy atom. The maximum absolute atomic E-state index is 14.6. The Morgan fingerprint density at radius 1 is 0.811 bits per heavy atom. The van der Waals surface area contributed by atoms with Gasteiger partial charge in [0.2, 0.25) is 0 Å². The predicted molar refractivity (Wildman–Crippen MR) is 143 cm³/mol. The number of hydrogen-bond donors (Lipinski definition) is 1. The second-order valence-corrected chi connectivity index (χ2v) is 13.9. The van der Waals surface area contributed by atoms with Gasteiger partial charge in [-0.1, -0.05) is 65.1 Å². The van der Waals surface area contributed by atoms with Gasteiger partial charge < -0.3 is 19.3 Å². The van der Waals surface area contributed by atoms with Crippen molar-refractivity contribution < 1.29 is 51.4 Å². The highest BCUT2D eigenvalue weighted by atomic mass is 32.2. The van der Waals surface area contributed by atoms with Crippen LogP contribution in [0.25, 0.3) is 0 Å². The van der Waals surface area contributed by atoms with Gasteiger partial charge in [0.15, 0.2) is 10.2 Å². The number of hydrogen-bond acceptors (Lipinski definition) is 12. The first-order valence-corrected chi connectivity index (χ1v) is 15.4. The van der Waals surface area contributed by atoms with Crippen molar-refractivity contribution in [1.82, 2.24) is 0 Å². The van der Waals surface area contributed by atoms with Crippen LogP contribution in [0.2, 0.25) is 0 Å². The van der Waals surface area contributed by atoms with E-state index >= 15 is 0 Å². The van der Waals surface area contributed by atoms with E-state index < -0.39 is 37.2 Å². The van der Waals surface area contributed by atoms with E-state index in [4.69, 9.17) is 23.0 Å². The molecule has 0 aliphatic rings. The lowest BCUT2D eigenvalue weighted by atomic mass is 9.99. The third-order valence-electron chi connectivity index (χ3n) is 4.48. The predicted octanol–water partition coefficient (Wildman–Crippen LogP) is 4.48. The summed E-state index contributed by atoms with van der Waals surface area (Å²) < 4.78 is 58.5. The highest BCUT2D eigenvalue weighted by molar-refractivity contribution is 8.14. The van der Waals surface area contributed by atoms with Crippen LogP contribution in [-0.4, -0.2) is 92.2 Å². The zero-order chi connectivity index (χ0) is 28.8. The highest BCUT2D eigenvalue weighted by Gasteiger charge is 2.40. The molecule has 0 aromatic rings. The maximum Gasteiger partial charge on any atom is 0.475 e. The first-order chi connectivity index (χ1) is 17.0. The number of methoxy groups -OCH3 is 1. The minimum absolute atomic E-state index is 0.0257. The van der Waals surface area contributed by atoms with E-state index in [0.29, 0.717) is 11.5 Å². The number of rotatable bonds is 19. The average Bonchev–Trinajstić information content (AvgIpc) is 2.79. The molecule has 0 heterocycles. The summed E-state index contributed by atoms with van der Waals surface area (Å²) in [6.45, 7) is 11.5. The van der Waals surface area contributed by atoms with Gasteiger partial charge in [-0.25, -0.2) is 8.96 Å². The van der Waals surface area contributed by atoms with Crippen molar-refractivity contribution in [3.8, 4) is 0 Å². The first kappa shape index (κ1) is 36.9. The fourth-order valence-electron chi connectivity index (χ4n) is 2.07. The lowest BCUT2D eigenvalue weighted by Crippen LogP contribution is -2.42. The fourth-order valence-corrected chi connectivity index (χ4v) is 4.86. The van der Waals surface area contributed by atoms with E-state index in [2.05, 4.69) is 4.74 Å². The minimum atomic E-state index is -4.27. The van der Waals surface area contributed by atoms with Crippen LogP contribution in [0.3, 0.4) is 0 Å². The van der Waals surface area contributed by atoms with Gasteiger partial charge in [-0.05, 0) is 6.92 Å². The SMILES string of the molecule is CO[C@](F)(COP(=O)(OCCOCCSC(=O)C(C)(C)C)OCCOCCSC(=O)C(C)(C)C)[C@H](C)O. The quantitative estimate of drug-likeness (QED) is 0.167. The largest absolute Gasteiger partial charge is 0.475 e. The molecule has 0 saturated carbocycles. The van der Waals surface area contributed by atoms with E-state index in [1.807, 2.05) is 41.5 Å². The molecule has 2 atom stereocenters. The van der Waals surface area contributed by atoms with Crippen molar-refractivity contribution in [2.24, 2.45) is 10.8 Å². The number of ether oxygens (including phenoxy) is 3. The standard InChI is InChI=1S/C23H44FO10PS2/c1-18(25)23(24,29-8)17-34-35(28,32-11-9-30-13-15-36-19(26)21(2,3)4)33-12-10-31-14-16-37-20(27)22(5,6)7/h18,25H,9-17H2,1-8H3/t18-,23+/m0/s1. The molecule has 0 aromatic carbocycles. The Bertz CT molecular complexity index is 683. The van der Waals surface area contributed by atoms with Crippen molar-refractivity contribution in [2.45, 2.75) is 60.4 Å². The molecule has 0 unspecified atom stereocenters. The minimum Gasteiger partial charge on any atom is -0.387 e. The molecule has 0 spiro atoms. The van der Waals surface area contributed by atoms with Crippen LogP contribution in [0, 0.1) is 10.8 Å². The Labute approximate surface area is 229 Å². The van der Waals surface area contributed by atoms with Gasteiger partial charge >= 0.3 is 7.82 Å². The number of aliphatic hydroxyl groups excluding tert-OH is 1. The molecule has 0 bridgehead atoms. The van der Waals surface area contributed by atoms with Crippen molar-refractivity contribution in [3.63, 3.8) is 0 Å². The van der Waals surface area contributed by atoms with Crippen LogP contribution >= 0.6 is 31.3 Å². The maximum atomic E-state index is 14.6. The van der Waals surface area contributed by atoms with E-state index in [0.717, 1.165) is 37.6 Å². The molecule has 0 radical (unpaired) electrons. The summed E-state index contributed by atoms with van der Waals surface area (Å²) in [5.74, 6) is -1.72. The monoisotopic (exact) mass is 594 g/mol. The van der Waals surface area contributed by atoms with E-state index in [1.165, 1.54) is 0 Å². The van der Waals surface area contributed by atoms with Gasteiger partial charge in [0.25, 0.3) is 5.85 Å². The molecule has 0 rings (SSSR count). The van der Waals surface area contributed by atoms with E-state index in [-0.39, 0.29) is 49.9 Å². The molecule has 0 saturated heterocycles. The number of alkyl halides is 1. The molecule has 10 nitrogen and oxygen atoms in total. The summed E-state index contributed by atoms with van der Waals surface area (Å²) >= 11 is 2.32. The van der Waals surface area contributed by atoms with Crippen LogP contribution in [-0.2, 0) is 41.9 Å². The highest BCUT2D eigenvalue weighted by Crippen LogP contribution is 2.50.